The van der Waals surface area contributed by atoms with Crippen molar-refractivity contribution in [2.75, 3.05) is 12.3 Å². The standard InChI is InChI=1S/C16H18ClNO3S/c1-3-22-13-9-11(17)6-7-12(13)15(19)18-10-16(2,20)14-5-4-8-21-14/h4-9,20H,3,10H2,1-2H3,(H,18,19)/t16-/m1/s1. The van der Waals surface area contributed by atoms with Crippen molar-refractivity contribution in [2.24, 2.45) is 0 Å². The van der Waals surface area contributed by atoms with Gasteiger partial charge in [0.2, 0.25) is 0 Å². The lowest BCUT2D eigenvalue weighted by Crippen LogP contribution is -2.38. The van der Waals surface area contributed by atoms with Crippen LogP contribution in [0, 0.1) is 0 Å². The molecule has 0 fully saturated rings. The van der Waals surface area contributed by atoms with Crippen LogP contribution >= 0.6 is 23.4 Å². The Morgan fingerprint density at radius 1 is 1.45 bits per heavy atom. The Kier molecular flexibility index (Phi) is 5.56. The molecule has 0 aliphatic rings. The van der Waals surface area contributed by atoms with Crippen molar-refractivity contribution in [3.05, 3.63) is 52.9 Å². The van der Waals surface area contributed by atoms with Gasteiger partial charge in [0, 0.05) is 9.92 Å². The van der Waals surface area contributed by atoms with Crippen molar-refractivity contribution in [2.45, 2.75) is 24.3 Å². The molecule has 1 heterocycles. The molecule has 0 spiro atoms. The van der Waals surface area contributed by atoms with Crippen molar-refractivity contribution in [1.82, 2.24) is 5.32 Å². The minimum Gasteiger partial charge on any atom is -0.466 e. The highest BCUT2D eigenvalue weighted by molar-refractivity contribution is 7.99. The van der Waals surface area contributed by atoms with Crippen LogP contribution in [-0.2, 0) is 5.60 Å². The van der Waals surface area contributed by atoms with Gasteiger partial charge in [-0.15, -0.1) is 11.8 Å². The predicted octanol–water partition coefficient (Wildman–Crippen LogP) is 3.68. The third-order valence-corrected chi connectivity index (χ3v) is 4.31. The molecule has 1 atom stereocenters. The highest BCUT2D eigenvalue weighted by Gasteiger charge is 2.27. The van der Waals surface area contributed by atoms with Crippen LogP contribution in [0.5, 0.6) is 0 Å². The Morgan fingerprint density at radius 3 is 2.86 bits per heavy atom. The molecular formula is C16H18ClNO3S. The van der Waals surface area contributed by atoms with Gasteiger partial charge in [0.15, 0.2) is 0 Å². The van der Waals surface area contributed by atoms with Crippen LogP contribution in [0.1, 0.15) is 30.0 Å². The quantitative estimate of drug-likeness (QED) is 0.788. The van der Waals surface area contributed by atoms with Gasteiger partial charge < -0.3 is 14.8 Å². The molecule has 0 bridgehead atoms. The summed E-state index contributed by atoms with van der Waals surface area (Å²) in [5, 5.41) is 13.7. The summed E-state index contributed by atoms with van der Waals surface area (Å²) >= 11 is 7.53. The van der Waals surface area contributed by atoms with E-state index < -0.39 is 5.60 Å². The zero-order chi connectivity index (χ0) is 16.2. The number of carbonyl (C=O) groups excluding carboxylic acids is 1. The summed E-state index contributed by atoms with van der Waals surface area (Å²) in [6.07, 6.45) is 1.49. The Hall–Kier alpha value is -1.43. The highest BCUT2D eigenvalue weighted by Crippen LogP contribution is 2.26. The van der Waals surface area contributed by atoms with E-state index in [0.29, 0.717) is 16.3 Å². The Labute approximate surface area is 138 Å². The molecule has 1 aromatic heterocycles. The first-order valence-corrected chi connectivity index (χ1v) is 8.27. The number of furan rings is 1. The first-order chi connectivity index (χ1) is 10.4. The molecule has 22 heavy (non-hydrogen) atoms. The third kappa shape index (κ3) is 4.06. The van der Waals surface area contributed by atoms with E-state index in [4.69, 9.17) is 16.0 Å². The number of thioether (sulfide) groups is 1. The van der Waals surface area contributed by atoms with E-state index in [1.54, 1.807) is 49.0 Å². The molecule has 6 heteroatoms. The second kappa shape index (κ2) is 7.22. The second-order valence-corrected chi connectivity index (χ2v) is 6.75. The van der Waals surface area contributed by atoms with Crippen LogP contribution in [-0.4, -0.2) is 23.3 Å². The molecule has 1 aromatic carbocycles. The lowest BCUT2D eigenvalue weighted by molar-refractivity contribution is 0.0330. The maximum absolute atomic E-state index is 12.4. The fourth-order valence-corrected chi connectivity index (χ4v) is 3.05. The largest absolute Gasteiger partial charge is 0.466 e. The van der Waals surface area contributed by atoms with Gasteiger partial charge in [-0.1, -0.05) is 18.5 Å². The molecule has 118 valence electrons. The number of rotatable bonds is 6. The highest BCUT2D eigenvalue weighted by atomic mass is 35.5. The van der Waals surface area contributed by atoms with Gasteiger partial charge in [-0.2, -0.15) is 0 Å². The SMILES string of the molecule is CCSc1cc(Cl)ccc1C(=O)NC[C@@](C)(O)c1ccco1. The first kappa shape index (κ1) is 16.9. The molecule has 0 aliphatic heterocycles. The third-order valence-electron chi connectivity index (χ3n) is 3.13. The number of halogens is 1. The molecule has 2 rings (SSSR count). The van der Waals surface area contributed by atoms with Gasteiger partial charge in [-0.3, -0.25) is 4.79 Å². The van der Waals surface area contributed by atoms with Crippen molar-refractivity contribution >= 4 is 29.3 Å². The van der Waals surface area contributed by atoms with Gasteiger partial charge in [0.05, 0.1) is 18.4 Å². The molecule has 0 saturated heterocycles. The average molecular weight is 340 g/mol. The zero-order valence-corrected chi connectivity index (χ0v) is 14.0. The van der Waals surface area contributed by atoms with Gasteiger partial charge >= 0.3 is 0 Å². The summed E-state index contributed by atoms with van der Waals surface area (Å²) in [4.78, 5) is 13.2. The van der Waals surface area contributed by atoms with Crippen LogP contribution in [0.15, 0.2) is 45.9 Å². The number of hydrogen-bond donors (Lipinski definition) is 2. The van der Waals surface area contributed by atoms with Crippen LogP contribution in [0.4, 0.5) is 0 Å². The summed E-state index contributed by atoms with van der Waals surface area (Å²) in [7, 11) is 0. The number of aliphatic hydroxyl groups is 1. The summed E-state index contributed by atoms with van der Waals surface area (Å²) in [6.45, 7) is 3.66. The lowest BCUT2D eigenvalue weighted by atomic mass is 10.0. The van der Waals surface area contributed by atoms with E-state index in [1.807, 2.05) is 6.92 Å². The molecule has 0 saturated carbocycles. The van der Waals surface area contributed by atoms with Crippen molar-refractivity contribution in [3.63, 3.8) is 0 Å². The lowest BCUT2D eigenvalue weighted by Gasteiger charge is -2.21. The van der Waals surface area contributed by atoms with Crippen LogP contribution in [0.3, 0.4) is 0 Å². The number of amides is 1. The van der Waals surface area contributed by atoms with E-state index in [1.165, 1.54) is 6.26 Å². The van der Waals surface area contributed by atoms with Gasteiger partial charge in [-0.25, -0.2) is 0 Å². The monoisotopic (exact) mass is 339 g/mol. The zero-order valence-electron chi connectivity index (χ0n) is 12.4. The minimum atomic E-state index is -1.26. The van der Waals surface area contributed by atoms with Crippen LogP contribution in [0.25, 0.3) is 0 Å². The maximum Gasteiger partial charge on any atom is 0.252 e. The van der Waals surface area contributed by atoms with Gasteiger partial charge in [-0.05, 0) is 43.0 Å². The van der Waals surface area contributed by atoms with Gasteiger partial charge in [0.25, 0.3) is 5.91 Å². The van der Waals surface area contributed by atoms with Crippen molar-refractivity contribution in [3.8, 4) is 0 Å². The summed E-state index contributed by atoms with van der Waals surface area (Å²) in [5.41, 5.74) is -0.713. The van der Waals surface area contributed by atoms with Crippen molar-refractivity contribution in [1.29, 1.82) is 0 Å². The Balaban J connectivity index is 2.10. The average Bonchev–Trinajstić information content (AvgIpc) is 3.00. The molecule has 2 aromatic rings. The Bertz CT molecular complexity index is 641. The molecule has 0 unspecified atom stereocenters. The fourth-order valence-electron chi connectivity index (χ4n) is 1.98. The van der Waals surface area contributed by atoms with E-state index in [-0.39, 0.29) is 12.5 Å². The molecule has 2 N–H and O–H groups in total. The van der Waals surface area contributed by atoms with E-state index >= 15 is 0 Å². The van der Waals surface area contributed by atoms with Crippen LogP contribution < -0.4 is 5.32 Å². The Morgan fingerprint density at radius 2 is 2.23 bits per heavy atom. The second-order valence-electron chi connectivity index (χ2n) is 5.01. The van der Waals surface area contributed by atoms with Crippen LogP contribution in [0.2, 0.25) is 5.02 Å². The molecule has 0 radical (unpaired) electrons. The molecule has 0 aliphatic carbocycles. The molecule has 4 nitrogen and oxygen atoms in total. The van der Waals surface area contributed by atoms with E-state index in [9.17, 15) is 9.90 Å². The smallest absolute Gasteiger partial charge is 0.252 e. The molecule has 1 amide bonds. The summed E-state index contributed by atoms with van der Waals surface area (Å²) < 4.78 is 5.19. The number of nitrogens with one attached hydrogen (secondary N) is 1. The fraction of sp³-hybridized carbons (Fsp3) is 0.312. The van der Waals surface area contributed by atoms with E-state index in [2.05, 4.69) is 5.32 Å². The van der Waals surface area contributed by atoms with Crippen molar-refractivity contribution < 1.29 is 14.3 Å². The molecular weight excluding hydrogens is 322 g/mol. The number of benzene rings is 1. The number of hydrogen-bond acceptors (Lipinski definition) is 4. The minimum absolute atomic E-state index is 0.0538. The predicted molar refractivity (Wildman–Crippen MR) is 88.5 cm³/mol. The summed E-state index contributed by atoms with van der Waals surface area (Å²) in [5.74, 6) is 0.997. The number of carbonyl (C=O) groups is 1. The maximum atomic E-state index is 12.4. The first-order valence-electron chi connectivity index (χ1n) is 6.91. The van der Waals surface area contributed by atoms with Gasteiger partial charge in [0.1, 0.15) is 11.4 Å². The normalized spacial score (nSPS) is 13.6. The topological polar surface area (TPSA) is 62.5 Å². The van der Waals surface area contributed by atoms with E-state index in [0.717, 1.165) is 10.6 Å². The summed E-state index contributed by atoms with van der Waals surface area (Å²) in [6, 6.07) is 8.51.